The molecule has 0 bridgehead atoms. The summed E-state index contributed by atoms with van der Waals surface area (Å²) in [6, 6.07) is 0. The first kappa shape index (κ1) is 24.4. The van der Waals surface area contributed by atoms with Gasteiger partial charge in [-0.3, -0.25) is 4.79 Å². The maximum atomic E-state index is 9.00. The molecule has 0 rings (SSSR count). The molecule has 0 aromatic carbocycles. The number of carboxylic acids is 1. The number of hydrogen-bond donors (Lipinski definition) is 3. The van der Waals surface area contributed by atoms with Gasteiger partial charge in [0.15, 0.2) is 0 Å². The first-order chi connectivity index (χ1) is 6.56. The minimum atomic E-state index is -0.833. The van der Waals surface area contributed by atoms with Crippen LogP contribution >= 0.6 is 0 Å². The van der Waals surface area contributed by atoms with Crippen LogP contribution in [0.4, 0.5) is 0 Å². The van der Waals surface area contributed by atoms with Crippen molar-refractivity contribution in [1.82, 2.24) is 0 Å². The van der Waals surface area contributed by atoms with Crippen molar-refractivity contribution < 1.29 is 23.0 Å². The average molecular weight is 235 g/mol. The van der Waals surface area contributed by atoms with Crippen molar-refractivity contribution in [3.63, 3.8) is 0 Å². The molecule has 3 N–H and O–H groups in total. The van der Waals surface area contributed by atoms with Crippen molar-refractivity contribution in [1.29, 1.82) is 0 Å². The molecule has 0 heterocycles. The molecule has 0 saturated heterocycles. The minimum absolute atomic E-state index is 0. The summed E-state index contributed by atoms with van der Waals surface area (Å²) in [5, 5.41) is 23.5. The molecule has 0 aromatic rings. The molecule has 0 aliphatic heterocycles. The van der Waals surface area contributed by atoms with Crippen molar-refractivity contribution in [2.45, 2.75) is 46.5 Å². The third-order valence-electron chi connectivity index (χ3n) is 1.02. The fraction of sp³-hybridized carbons (Fsp3) is 0.900. The Morgan fingerprint density at radius 2 is 1.27 bits per heavy atom. The van der Waals surface area contributed by atoms with Crippen LogP contribution in [-0.4, -0.2) is 57.6 Å². The minimum Gasteiger partial charge on any atom is -1.00 e. The molecule has 0 spiro atoms. The number of aliphatic carboxylic acids is 1. The van der Waals surface area contributed by atoms with Gasteiger partial charge in [0.1, 0.15) is 0 Å². The van der Waals surface area contributed by atoms with Gasteiger partial charge in [-0.2, -0.15) is 0 Å². The van der Waals surface area contributed by atoms with Gasteiger partial charge in [0, 0.05) is 20.1 Å². The number of carbonyl (C=O) groups is 1. The molecule has 0 atom stereocenters. The number of rotatable bonds is 4. The van der Waals surface area contributed by atoms with E-state index in [4.69, 9.17) is 20.1 Å². The normalized spacial score (nSPS) is 7.27. The number of aliphatic hydroxyl groups is 2. The predicted molar refractivity (Wildman–Crippen MR) is 65.3 cm³/mol. The van der Waals surface area contributed by atoms with Gasteiger partial charge >= 0.3 is 23.1 Å². The van der Waals surface area contributed by atoms with Crippen molar-refractivity contribution in [3.05, 3.63) is 0 Å². The van der Waals surface area contributed by atoms with Crippen LogP contribution in [-0.2, 0) is 4.79 Å². The van der Waals surface area contributed by atoms with E-state index in [2.05, 4.69) is 13.8 Å². The second kappa shape index (κ2) is 29.2. The average Bonchev–Trinajstić information content (AvgIpc) is 2.07. The molecule has 15 heavy (non-hydrogen) atoms. The molecule has 0 fully saturated rings. The van der Waals surface area contributed by atoms with Crippen LogP contribution in [0.2, 0.25) is 0 Å². The predicted octanol–water partition coefficient (Wildman–Crippen LogP) is 1.49. The number of unbranched alkanes of at least 4 members (excludes halogenated alkanes) is 2. The maximum absolute atomic E-state index is 9.00. The molecule has 0 unspecified atom stereocenters. The van der Waals surface area contributed by atoms with E-state index in [0.717, 1.165) is 32.6 Å². The molecule has 0 aliphatic carbocycles. The molecule has 0 saturated carbocycles. The molecular formula is C10H26MgO4. The Morgan fingerprint density at radius 1 is 1.07 bits per heavy atom. The number of hydrogen-bond acceptors (Lipinski definition) is 3. The fourth-order valence-corrected chi connectivity index (χ4v) is 0.316. The second-order valence-electron chi connectivity index (χ2n) is 2.67. The smallest absolute Gasteiger partial charge is 1.00 e. The summed E-state index contributed by atoms with van der Waals surface area (Å²) in [4.78, 5) is 9.00. The van der Waals surface area contributed by atoms with Crippen LogP contribution in [0.1, 0.15) is 49.3 Å². The van der Waals surface area contributed by atoms with Crippen LogP contribution in [0.25, 0.3) is 0 Å². The van der Waals surface area contributed by atoms with Gasteiger partial charge in [-0.25, -0.2) is 0 Å². The SMILES string of the molecule is CC(=O)O.CCCCO.CCCCO.[H-].[H-].[Mg+2]. The Balaban J connectivity index is -0.0000000247. The Morgan fingerprint density at radius 3 is 1.27 bits per heavy atom. The zero-order valence-electron chi connectivity index (χ0n) is 12.2. The van der Waals surface area contributed by atoms with Crippen LogP contribution in [0.15, 0.2) is 0 Å². The van der Waals surface area contributed by atoms with E-state index in [1.54, 1.807) is 0 Å². The monoisotopic (exact) mass is 234 g/mol. The largest absolute Gasteiger partial charge is 2.00 e. The van der Waals surface area contributed by atoms with E-state index in [9.17, 15) is 0 Å². The van der Waals surface area contributed by atoms with E-state index in [1.807, 2.05) is 0 Å². The van der Waals surface area contributed by atoms with E-state index in [1.165, 1.54) is 0 Å². The van der Waals surface area contributed by atoms with Gasteiger partial charge < -0.3 is 18.2 Å². The molecule has 92 valence electrons. The van der Waals surface area contributed by atoms with E-state index < -0.39 is 5.97 Å². The van der Waals surface area contributed by atoms with E-state index in [-0.39, 0.29) is 25.9 Å². The summed E-state index contributed by atoms with van der Waals surface area (Å²) >= 11 is 0. The van der Waals surface area contributed by atoms with Gasteiger partial charge in [-0.05, 0) is 12.8 Å². The van der Waals surface area contributed by atoms with Gasteiger partial charge in [-0.15, -0.1) is 0 Å². The fourth-order valence-electron chi connectivity index (χ4n) is 0.316. The summed E-state index contributed by atoms with van der Waals surface area (Å²) in [6.07, 6.45) is 4.08. The summed E-state index contributed by atoms with van der Waals surface area (Å²) in [7, 11) is 0. The van der Waals surface area contributed by atoms with Crippen LogP contribution in [0, 0.1) is 0 Å². The van der Waals surface area contributed by atoms with Crippen molar-refractivity contribution in [3.8, 4) is 0 Å². The number of carboxylic acid groups (broad SMARTS) is 1. The van der Waals surface area contributed by atoms with Crippen molar-refractivity contribution in [2.24, 2.45) is 0 Å². The van der Waals surface area contributed by atoms with Crippen LogP contribution in [0.3, 0.4) is 0 Å². The molecule has 0 radical (unpaired) electrons. The molecule has 4 nitrogen and oxygen atoms in total. The van der Waals surface area contributed by atoms with Crippen LogP contribution < -0.4 is 0 Å². The molecular weight excluding hydrogens is 208 g/mol. The Hall–Kier alpha value is 0.156. The maximum Gasteiger partial charge on any atom is 2.00 e. The molecule has 0 aromatic heterocycles. The van der Waals surface area contributed by atoms with Gasteiger partial charge in [0.2, 0.25) is 0 Å². The first-order valence-corrected chi connectivity index (χ1v) is 4.97. The van der Waals surface area contributed by atoms with E-state index in [0.29, 0.717) is 13.2 Å². The van der Waals surface area contributed by atoms with Crippen molar-refractivity contribution in [2.75, 3.05) is 13.2 Å². The molecule has 0 aliphatic rings. The zero-order chi connectivity index (χ0) is 11.8. The summed E-state index contributed by atoms with van der Waals surface area (Å²) in [5.74, 6) is -0.833. The van der Waals surface area contributed by atoms with Crippen LogP contribution in [0.5, 0.6) is 0 Å². The van der Waals surface area contributed by atoms with Gasteiger partial charge in [0.25, 0.3) is 5.97 Å². The number of aliphatic hydroxyl groups excluding tert-OH is 2. The topological polar surface area (TPSA) is 77.8 Å². The summed E-state index contributed by atoms with van der Waals surface area (Å²) < 4.78 is 0. The zero-order valence-corrected chi connectivity index (χ0v) is 11.6. The quantitative estimate of drug-likeness (QED) is 0.644. The first-order valence-electron chi connectivity index (χ1n) is 4.97. The van der Waals surface area contributed by atoms with Gasteiger partial charge in [-0.1, -0.05) is 26.7 Å². The second-order valence-corrected chi connectivity index (χ2v) is 2.67. The molecule has 5 heteroatoms. The Kier molecular flexibility index (Phi) is 47.5. The van der Waals surface area contributed by atoms with E-state index >= 15 is 0 Å². The summed E-state index contributed by atoms with van der Waals surface area (Å²) in [5.41, 5.74) is 0. The Labute approximate surface area is 112 Å². The standard InChI is InChI=1S/2C4H10O.C2H4O2.Mg.2H/c2*1-2-3-4-5;1-2(3)4;;;/h2*5H,2-4H2,1H3;1H3,(H,3,4);;;/q;;;+2;2*-1. The molecule has 0 amide bonds. The van der Waals surface area contributed by atoms with Gasteiger partial charge in [0.05, 0.1) is 0 Å². The third kappa shape index (κ3) is 121. The summed E-state index contributed by atoms with van der Waals surface area (Å²) in [6.45, 7) is 5.87. The Bertz CT molecular complexity index is 94.3. The van der Waals surface area contributed by atoms with Crippen molar-refractivity contribution >= 4 is 29.0 Å². The third-order valence-corrected chi connectivity index (χ3v) is 1.02.